The fourth-order valence-corrected chi connectivity index (χ4v) is 3.96. The Labute approximate surface area is 213 Å². The smallest absolute Gasteiger partial charge is 0.258 e. The van der Waals surface area contributed by atoms with Gasteiger partial charge < -0.3 is 35.4 Å². The predicted octanol–water partition coefficient (Wildman–Crippen LogP) is 2.50. The Balaban J connectivity index is 1.45. The van der Waals surface area contributed by atoms with Crippen molar-refractivity contribution in [2.24, 2.45) is 4.99 Å². The third-order valence-electron chi connectivity index (χ3n) is 5.94. The highest BCUT2D eigenvalue weighted by molar-refractivity contribution is 6.01. The quantitative estimate of drug-likeness (QED) is 0.295. The van der Waals surface area contributed by atoms with Gasteiger partial charge in [0.1, 0.15) is 6.10 Å². The van der Waals surface area contributed by atoms with Gasteiger partial charge >= 0.3 is 0 Å². The van der Waals surface area contributed by atoms with Crippen molar-refractivity contribution in [1.82, 2.24) is 10.2 Å². The number of carbonyl (C=O) groups excluding carboxylic acids is 2. The number of ether oxygens (including phenoxy) is 1. The average Bonchev–Trinajstić information content (AvgIpc) is 3.28. The molecular formula is C27H27N3O7. The van der Waals surface area contributed by atoms with Crippen molar-refractivity contribution in [2.45, 2.75) is 25.6 Å². The minimum atomic E-state index is -0.898. The maximum Gasteiger partial charge on any atom is 0.258 e. The molecule has 2 atom stereocenters. The van der Waals surface area contributed by atoms with Crippen molar-refractivity contribution in [3.05, 3.63) is 83.4 Å². The molecule has 3 aromatic rings. The van der Waals surface area contributed by atoms with E-state index in [0.717, 1.165) is 5.56 Å². The highest BCUT2D eigenvalue weighted by Crippen LogP contribution is 2.32. The number of para-hydroxylation sites is 2. The number of rotatable bonds is 8. The molecule has 1 heterocycles. The molecule has 10 heteroatoms. The molecule has 2 amide bonds. The van der Waals surface area contributed by atoms with E-state index >= 15 is 0 Å². The van der Waals surface area contributed by atoms with Gasteiger partial charge in [-0.2, -0.15) is 0 Å². The summed E-state index contributed by atoms with van der Waals surface area (Å²) in [6.07, 6.45) is -0.622. The number of carbonyl (C=O) groups is 2. The molecule has 0 radical (unpaired) electrons. The predicted molar refractivity (Wildman–Crippen MR) is 135 cm³/mol. The van der Waals surface area contributed by atoms with Crippen LogP contribution in [-0.2, 0) is 16.1 Å². The second kappa shape index (κ2) is 10.9. The first-order valence-corrected chi connectivity index (χ1v) is 11.6. The van der Waals surface area contributed by atoms with Gasteiger partial charge in [0.2, 0.25) is 11.8 Å². The standard InChI is InChI=1S/C27H27N3O7/c1-16-22(29-26(37-16)18-9-5-11-20(31)23(18)33)25(35)28-13-14-30(15-17-7-3-2-4-8-17)27(36)19-10-6-12-21(32)24(19)34/h2-12,16,22,31-34H,13-15H2,1H3,(H,28,35). The minimum absolute atomic E-state index is 0.0429. The molecule has 0 fully saturated rings. The highest BCUT2D eigenvalue weighted by atomic mass is 16.5. The normalized spacial score (nSPS) is 16.5. The molecule has 0 saturated heterocycles. The number of aliphatic imine (C=N–C) groups is 1. The van der Waals surface area contributed by atoms with Crippen molar-refractivity contribution in [2.75, 3.05) is 13.1 Å². The summed E-state index contributed by atoms with van der Waals surface area (Å²) in [5, 5.41) is 42.6. The topological polar surface area (TPSA) is 152 Å². The zero-order valence-electron chi connectivity index (χ0n) is 20.0. The van der Waals surface area contributed by atoms with E-state index in [-0.39, 0.29) is 48.2 Å². The van der Waals surface area contributed by atoms with Gasteiger partial charge in [-0.05, 0) is 36.8 Å². The third-order valence-corrected chi connectivity index (χ3v) is 5.94. The zero-order chi connectivity index (χ0) is 26.5. The third kappa shape index (κ3) is 5.58. The minimum Gasteiger partial charge on any atom is -0.504 e. The number of aromatic hydroxyl groups is 4. The second-order valence-electron chi connectivity index (χ2n) is 8.55. The van der Waals surface area contributed by atoms with Gasteiger partial charge in [0.25, 0.3) is 5.91 Å². The number of hydrogen-bond donors (Lipinski definition) is 5. The van der Waals surface area contributed by atoms with Gasteiger partial charge in [0.15, 0.2) is 29.0 Å². The van der Waals surface area contributed by atoms with E-state index in [9.17, 15) is 30.0 Å². The Morgan fingerprint density at radius 2 is 1.59 bits per heavy atom. The van der Waals surface area contributed by atoms with E-state index in [1.54, 1.807) is 6.92 Å². The molecular weight excluding hydrogens is 478 g/mol. The molecule has 0 spiro atoms. The molecule has 0 bridgehead atoms. The lowest BCUT2D eigenvalue weighted by atomic mass is 10.1. The van der Waals surface area contributed by atoms with Crippen molar-refractivity contribution < 1.29 is 34.8 Å². The van der Waals surface area contributed by atoms with Gasteiger partial charge in [0, 0.05) is 19.6 Å². The van der Waals surface area contributed by atoms with Crippen LogP contribution in [0.2, 0.25) is 0 Å². The average molecular weight is 506 g/mol. The number of phenolic OH excluding ortho intramolecular Hbond substituents is 4. The lowest BCUT2D eigenvalue weighted by molar-refractivity contribution is -0.123. The van der Waals surface area contributed by atoms with E-state index in [2.05, 4.69) is 10.3 Å². The molecule has 37 heavy (non-hydrogen) atoms. The van der Waals surface area contributed by atoms with Crippen LogP contribution in [0.1, 0.15) is 28.4 Å². The summed E-state index contributed by atoms with van der Waals surface area (Å²) < 4.78 is 5.65. The molecule has 0 saturated carbocycles. The van der Waals surface area contributed by atoms with Gasteiger partial charge in [-0.25, -0.2) is 4.99 Å². The van der Waals surface area contributed by atoms with Crippen molar-refractivity contribution in [3.8, 4) is 23.0 Å². The van der Waals surface area contributed by atoms with Crippen LogP contribution in [0.5, 0.6) is 23.0 Å². The molecule has 2 unspecified atom stereocenters. The van der Waals surface area contributed by atoms with Gasteiger partial charge in [-0.1, -0.05) is 42.5 Å². The lowest BCUT2D eigenvalue weighted by Gasteiger charge is -2.24. The van der Waals surface area contributed by atoms with E-state index < -0.39 is 35.5 Å². The Bertz CT molecular complexity index is 1330. The molecule has 4 rings (SSSR count). The molecule has 3 aromatic carbocycles. The first-order chi connectivity index (χ1) is 17.8. The summed E-state index contributed by atoms with van der Waals surface area (Å²) in [5.74, 6) is -2.53. The number of nitrogens with zero attached hydrogens (tertiary/aromatic N) is 2. The lowest BCUT2D eigenvalue weighted by Crippen LogP contribution is -2.43. The fourth-order valence-electron chi connectivity index (χ4n) is 3.96. The van der Waals surface area contributed by atoms with Gasteiger partial charge in [0.05, 0.1) is 11.1 Å². The molecule has 1 aliphatic heterocycles. The monoisotopic (exact) mass is 505 g/mol. The van der Waals surface area contributed by atoms with Crippen LogP contribution in [-0.4, -0.2) is 68.3 Å². The number of hydrogen-bond acceptors (Lipinski definition) is 8. The summed E-state index contributed by atoms with van der Waals surface area (Å²) in [7, 11) is 0. The van der Waals surface area contributed by atoms with E-state index in [0.29, 0.717) is 0 Å². The second-order valence-corrected chi connectivity index (χ2v) is 8.55. The Morgan fingerprint density at radius 1 is 0.919 bits per heavy atom. The van der Waals surface area contributed by atoms with Crippen LogP contribution in [0.25, 0.3) is 0 Å². The summed E-state index contributed by atoms with van der Waals surface area (Å²) in [6, 6.07) is 16.9. The summed E-state index contributed by atoms with van der Waals surface area (Å²) in [4.78, 5) is 31.8. The maximum atomic E-state index is 13.2. The van der Waals surface area contributed by atoms with Crippen molar-refractivity contribution >= 4 is 17.7 Å². The van der Waals surface area contributed by atoms with Crippen LogP contribution < -0.4 is 5.32 Å². The van der Waals surface area contributed by atoms with E-state index in [1.807, 2.05) is 30.3 Å². The van der Waals surface area contributed by atoms with Gasteiger partial charge in [-0.3, -0.25) is 9.59 Å². The summed E-state index contributed by atoms with van der Waals surface area (Å²) in [6.45, 7) is 2.08. The molecule has 192 valence electrons. The highest BCUT2D eigenvalue weighted by Gasteiger charge is 2.35. The maximum absolute atomic E-state index is 13.2. The van der Waals surface area contributed by atoms with Crippen molar-refractivity contribution in [1.29, 1.82) is 0 Å². The Morgan fingerprint density at radius 3 is 2.32 bits per heavy atom. The first-order valence-electron chi connectivity index (χ1n) is 11.6. The SMILES string of the molecule is CC1OC(c2cccc(O)c2O)=NC1C(=O)NCCN(Cc1ccccc1)C(=O)c1cccc(O)c1O. The summed E-state index contributed by atoms with van der Waals surface area (Å²) >= 11 is 0. The van der Waals surface area contributed by atoms with Crippen molar-refractivity contribution in [3.63, 3.8) is 0 Å². The molecule has 1 aliphatic rings. The Hall–Kier alpha value is -4.73. The molecule has 0 aromatic heterocycles. The van der Waals surface area contributed by atoms with Crippen LogP contribution in [0.15, 0.2) is 71.7 Å². The van der Waals surface area contributed by atoms with Gasteiger partial charge in [-0.15, -0.1) is 0 Å². The van der Waals surface area contributed by atoms with E-state index in [4.69, 9.17) is 4.74 Å². The number of benzene rings is 3. The molecule has 10 nitrogen and oxygen atoms in total. The molecule has 0 aliphatic carbocycles. The van der Waals surface area contributed by atoms with Crippen LogP contribution in [0.3, 0.4) is 0 Å². The Kier molecular flexibility index (Phi) is 7.47. The number of phenols is 4. The summed E-state index contributed by atoms with van der Waals surface area (Å²) in [5.41, 5.74) is 0.965. The van der Waals surface area contributed by atoms with Crippen LogP contribution in [0, 0.1) is 0 Å². The zero-order valence-corrected chi connectivity index (χ0v) is 20.0. The van der Waals surface area contributed by atoms with Crippen LogP contribution in [0.4, 0.5) is 0 Å². The fraction of sp³-hybridized carbons (Fsp3) is 0.222. The first kappa shape index (κ1) is 25.4. The largest absolute Gasteiger partial charge is 0.504 e. The number of amides is 2. The molecule has 5 N–H and O–H groups in total. The number of nitrogens with one attached hydrogen (secondary N) is 1. The van der Waals surface area contributed by atoms with Crippen LogP contribution >= 0.6 is 0 Å². The van der Waals surface area contributed by atoms with E-state index in [1.165, 1.54) is 41.3 Å².